The predicted molar refractivity (Wildman–Crippen MR) is 205 cm³/mol. The zero-order valence-electron chi connectivity index (χ0n) is 35.4. The number of carbonyl (C=O) groups excluding carboxylic acids is 8. The third kappa shape index (κ3) is 7.76. The Hall–Kier alpha value is -5.95. The molecule has 62 heavy (non-hydrogen) atoms. The minimum atomic E-state index is -2.86. The molecule has 6 rings (SSSR count). The van der Waals surface area contributed by atoms with E-state index in [9.17, 15) is 43.5 Å². The Bertz CT molecular complexity index is 2140. The zero-order chi connectivity index (χ0) is 45.5. The van der Waals surface area contributed by atoms with E-state index in [2.05, 4.69) is 4.98 Å². The Morgan fingerprint density at radius 2 is 1.37 bits per heavy atom. The molecular formula is C43H49NO18. The molecular weight excluding hydrogens is 818 g/mol. The molecule has 1 aromatic carbocycles. The van der Waals surface area contributed by atoms with Crippen LogP contribution >= 0.6 is 0 Å². The van der Waals surface area contributed by atoms with Crippen molar-refractivity contribution in [2.45, 2.75) is 122 Å². The van der Waals surface area contributed by atoms with Crippen LogP contribution in [0.15, 0.2) is 48.7 Å². The molecule has 19 nitrogen and oxygen atoms in total. The van der Waals surface area contributed by atoms with Crippen molar-refractivity contribution in [3.05, 3.63) is 65.5 Å². The van der Waals surface area contributed by atoms with Crippen LogP contribution in [0.4, 0.5) is 0 Å². The van der Waals surface area contributed by atoms with Crippen LogP contribution in [-0.4, -0.2) is 124 Å². The monoisotopic (exact) mass is 867 g/mol. The summed E-state index contributed by atoms with van der Waals surface area (Å²) in [7, 11) is 0. The van der Waals surface area contributed by atoms with Gasteiger partial charge < -0.3 is 47.7 Å². The van der Waals surface area contributed by atoms with Gasteiger partial charge in [0.15, 0.2) is 30.0 Å². The van der Waals surface area contributed by atoms with E-state index in [0.29, 0.717) is 0 Å². The minimum Gasteiger partial charge on any atom is -0.465 e. The van der Waals surface area contributed by atoms with E-state index in [1.807, 2.05) is 0 Å². The fraction of sp³-hybridized carbons (Fsp3) is 0.558. The number of aryl methyl sites for hydroxylation is 1. The molecule has 19 heteroatoms. The maximum Gasteiger partial charge on any atom is 0.340 e. The van der Waals surface area contributed by atoms with Gasteiger partial charge in [-0.3, -0.25) is 33.8 Å². The zero-order valence-corrected chi connectivity index (χ0v) is 35.4. The van der Waals surface area contributed by atoms with Crippen LogP contribution < -0.4 is 0 Å². The lowest BCUT2D eigenvalue weighted by molar-refractivity contribution is -0.386. The van der Waals surface area contributed by atoms with E-state index in [1.165, 1.54) is 56.4 Å². The summed E-state index contributed by atoms with van der Waals surface area (Å²) in [4.78, 5) is 113. The van der Waals surface area contributed by atoms with Gasteiger partial charge in [0, 0.05) is 40.8 Å². The molecule has 334 valence electrons. The summed E-state index contributed by atoms with van der Waals surface area (Å²) in [5.41, 5.74) is -10.1. The van der Waals surface area contributed by atoms with Crippen LogP contribution in [0, 0.1) is 17.3 Å². The van der Waals surface area contributed by atoms with Crippen molar-refractivity contribution in [1.82, 2.24) is 4.98 Å². The first-order valence-electron chi connectivity index (χ1n) is 19.9. The average Bonchev–Trinajstić information content (AvgIpc) is 3.41. The number of fused-ring (bicyclic) bond motifs is 5. The van der Waals surface area contributed by atoms with Gasteiger partial charge >= 0.3 is 47.8 Å². The summed E-state index contributed by atoms with van der Waals surface area (Å²) in [5, 5.41) is 13.6. The second-order valence-corrected chi connectivity index (χ2v) is 16.4. The van der Waals surface area contributed by atoms with Crippen molar-refractivity contribution in [2.24, 2.45) is 17.3 Å². The maximum atomic E-state index is 14.4. The molecule has 2 aromatic rings. The molecule has 0 radical (unpaired) electrons. The number of aliphatic hydroxyl groups is 1. The smallest absolute Gasteiger partial charge is 0.340 e. The number of pyridine rings is 1. The van der Waals surface area contributed by atoms with Gasteiger partial charge in [-0.2, -0.15) is 0 Å². The number of rotatable bonds is 8. The quantitative estimate of drug-likeness (QED) is 0.295. The lowest BCUT2D eigenvalue weighted by Crippen LogP contribution is -2.89. The Balaban J connectivity index is 1.77. The molecule has 1 saturated heterocycles. The highest BCUT2D eigenvalue weighted by Gasteiger charge is 2.92. The molecule has 1 aromatic heterocycles. The number of cyclic esters (lactones) is 1. The molecule has 3 fully saturated rings. The maximum absolute atomic E-state index is 14.4. The second kappa shape index (κ2) is 17.1. The standard InChI is InChI=1S/C43H49NO18/c1-21-16-17-29-28(15-12-18-44-29)39(52)55-19-40(7)30-31(56-23(3)46)35(58-25(5)48)42(20-54-22(2)45)36(59-26(6)49)32(60-38(51)27-13-10-9-11-14-27)34(61-37(21)50)41(8,53)43(42,62-40)33(30)57-24(4)47/h9-15,18,21,30-36,53H,16-17,19-20H2,1-8H3/t21-,30-,31+,32-,33-,34-,35+,36-,40-,41+,42+,43-/m0/s1. The van der Waals surface area contributed by atoms with Crippen molar-refractivity contribution in [3.8, 4) is 0 Å². The molecule has 2 aliphatic carbocycles. The molecule has 4 aliphatic rings. The first-order valence-corrected chi connectivity index (χ1v) is 19.9. The number of carbonyl (C=O) groups is 8. The molecule has 3 heterocycles. The van der Waals surface area contributed by atoms with Gasteiger partial charge in [-0.05, 0) is 51.0 Å². The van der Waals surface area contributed by atoms with Crippen molar-refractivity contribution >= 4 is 47.8 Å². The first-order chi connectivity index (χ1) is 29.1. The van der Waals surface area contributed by atoms with Gasteiger partial charge in [0.25, 0.3) is 0 Å². The fourth-order valence-electron chi connectivity index (χ4n) is 9.73. The van der Waals surface area contributed by atoms with Crippen molar-refractivity contribution in [3.63, 3.8) is 0 Å². The summed E-state index contributed by atoms with van der Waals surface area (Å²) in [5.74, 6) is -10.7. The van der Waals surface area contributed by atoms with Crippen LogP contribution in [0.5, 0.6) is 0 Å². The van der Waals surface area contributed by atoms with Crippen LogP contribution in [0.2, 0.25) is 0 Å². The molecule has 0 amide bonds. The van der Waals surface area contributed by atoms with E-state index in [-0.39, 0.29) is 29.7 Å². The lowest BCUT2D eigenvalue weighted by atomic mass is 9.45. The largest absolute Gasteiger partial charge is 0.465 e. The van der Waals surface area contributed by atoms with Gasteiger partial charge in [-0.1, -0.05) is 25.1 Å². The SMILES string of the molecule is CC(=O)OC[C@]12[C@H](OC(C)=O)[C@H](OC(C)=O)[C@H]3[C@H](OC(C)=O)[C@@]14O[C@@]3(C)COC(=O)c1cccnc1CC[C@H](C)C(=O)O[C@@H]([C@H](OC(=O)c1ccccc1)[C@@H]2OC(C)=O)[C@@]4(C)O. The normalized spacial score (nSPS) is 35.0. The van der Waals surface area contributed by atoms with Gasteiger partial charge in [0.2, 0.25) is 0 Å². The molecule has 1 N–H and O–H groups in total. The summed E-state index contributed by atoms with van der Waals surface area (Å²) in [6, 6.07) is 10.4. The summed E-state index contributed by atoms with van der Waals surface area (Å²) < 4.78 is 55.3. The van der Waals surface area contributed by atoms with Gasteiger partial charge in [-0.25, -0.2) is 9.59 Å². The van der Waals surface area contributed by atoms with E-state index in [1.54, 1.807) is 6.07 Å². The highest BCUT2D eigenvalue weighted by Crippen LogP contribution is 2.70. The molecule has 1 spiro atoms. The molecule has 2 saturated carbocycles. The number of esters is 8. The Morgan fingerprint density at radius 3 is 1.97 bits per heavy atom. The number of hydrogen-bond acceptors (Lipinski definition) is 19. The molecule has 4 bridgehead atoms. The Labute approximate surface area is 355 Å². The van der Waals surface area contributed by atoms with Gasteiger partial charge in [-0.15, -0.1) is 0 Å². The third-order valence-electron chi connectivity index (χ3n) is 12.1. The average molecular weight is 868 g/mol. The highest BCUT2D eigenvalue weighted by atomic mass is 16.7. The fourth-order valence-corrected chi connectivity index (χ4v) is 9.73. The number of ether oxygens (including phenoxy) is 9. The van der Waals surface area contributed by atoms with Gasteiger partial charge in [0.05, 0.1) is 28.7 Å². The van der Waals surface area contributed by atoms with Crippen molar-refractivity contribution in [2.75, 3.05) is 13.2 Å². The summed E-state index contributed by atoms with van der Waals surface area (Å²) in [6.45, 7) is 7.16. The second-order valence-electron chi connectivity index (χ2n) is 16.4. The molecule has 12 atom stereocenters. The third-order valence-corrected chi connectivity index (χ3v) is 12.1. The summed E-state index contributed by atoms with van der Waals surface area (Å²) in [6.07, 6.45) is -10.6. The molecule has 2 aliphatic heterocycles. The van der Waals surface area contributed by atoms with E-state index >= 15 is 0 Å². The number of aromatic nitrogens is 1. The van der Waals surface area contributed by atoms with Gasteiger partial charge in [0.1, 0.15) is 42.0 Å². The number of nitrogens with zero attached hydrogens (tertiary/aromatic N) is 1. The predicted octanol–water partition coefficient (Wildman–Crippen LogP) is 2.16. The van der Waals surface area contributed by atoms with Crippen molar-refractivity contribution < 1.29 is 86.1 Å². The van der Waals surface area contributed by atoms with Crippen LogP contribution in [0.25, 0.3) is 0 Å². The van der Waals surface area contributed by atoms with E-state index < -0.39 is 132 Å². The van der Waals surface area contributed by atoms with E-state index in [0.717, 1.165) is 41.5 Å². The topological polar surface area (TPSA) is 253 Å². The highest BCUT2D eigenvalue weighted by molar-refractivity contribution is 5.91. The van der Waals surface area contributed by atoms with Crippen molar-refractivity contribution in [1.29, 1.82) is 0 Å². The first kappa shape index (κ1) is 45.6. The lowest BCUT2D eigenvalue weighted by Gasteiger charge is -2.67. The van der Waals surface area contributed by atoms with E-state index in [4.69, 9.17) is 42.6 Å². The van der Waals surface area contributed by atoms with Crippen LogP contribution in [0.3, 0.4) is 0 Å². The molecule has 0 unspecified atom stereocenters. The van der Waals surface area contributed by atoms with Crippen LogP contribution in [0.1, 0.15) is 88.2 Å². The number of hydrogen-bond donors (Lipinski definition) is 1. The van der Waals surface area contributed by atoms with Crippen LogP contribution in [-0.2, 0) is 77.8 Å². The Kier molecular flexibility index (Phi) is 12.6. The number of benzene rings is 1. The Morgan fingerprint density at radius 1 is 0.774 bits per heavy atom. The summed E-state index contributed by atoms with van der Waals surface area (Å²) >= 11 is 0. The minimum absolute atomic E-state index is 0.0225.